The number of carbonyl (C=O) groups is 2. The van der Waals surface area contributed by atoms with E-state index in [4.69, 9.17) is 9.47 Å². The second kappa shape index (κ2) is 7.90. The highest BCUT2D eigenvalue weighted by atomic mass is 16.5. The number of rotatable bonds is 5. The molecule has 7 nitrogen and oxygen atoms in total. The van der Waals surface area contributed by atoms with Crippen LogP contribution in [-0.2, 0) is 14.3 Å². The molecule has 2 atom stereocenters. The van der Waals surface area contributed by atoms with Crippen molar-refractivity contribution in [3.05, 3.63) is 59.7 Å². The van der Waals surface area contributed by atoms with Gasteiger partial charge in [0.05, 0.1) is 19.8 Å². The van der Waals surface area contributed by atoms with Crippen LogP contribution in [-0.4, -0.2) is 36.5 Å². The number of amides is 1. The molecule has 7 heteroatoms. The van der Waals surface area contributed by atoms with Crippen LogP contribution in [0, 0.1) is 5.92 Å². The summed E-state index contributed by atoms with van der Waals surface area (Å²) in [5.74, 6) is -1.70. The van der Waals surface area contributed by atoms with Crippen molar-refractivity contribution in [2.45, 2.75) is 13.0 Å². The maximum atomic E-state index is 12.7. The number of hydrogen-bond acceptors (Lipinski definition) is 6. The lowest BCUT2D eigenvalue weighted by atomic mass is 9.90. The van der Waals surface area contributed by atoms with Crippen molar-refractivity contribution in [1.29, 1.82) is 0 Å². The third-order valence-corrected chi connectivity index (χ3v) is 4.24. The molecule has 0 unspecified atom stereocenters. The molecule has 1 amide bonds. The van der Waals surface area contributed by atoms with Gasteiger partial charge in [-0.1, -0.05) is 36.4 Å². The Kier molecular flexibility index (Phi) is 5.40. The van der Waals surface area contributed by atoms with Gasteiger partial charge in [0.1, 0.15) is 5.84 Å². The Bertz CT molecular complexity index is 879. The summed E-state index contributed by atoms with van der Waals surface area (Å²) in [5.41, 5.74) is 1.29. The molecule has 2 N–H and O–H groups in total. The summed E-state index contributed by atoms with van der Waals surface area (Å²) in [6.07, 6.45) is 0. The fourth-order valence-electron chi connectivity index (χ4n) is 2.94. The molecule has 0 saturated carbocycles. The van der Waals surface area contributed by atoms with Crippen LogP contribution in [0.2, 0.25) is 0 Å². The largest absolute Gasteiger partial charge is 0.504 e. The quantitative estimate of drug-likeness (QED) is 0.623. The van der Waals surface area contributed by atoms with Gasteiger partial charge < -0.3 is 19.9 Å². The lowest BCUT2D eigenvalue weighted by Gasteiger charge is -2.28. The summed E-state index contributed by atoms with van der Waals surface area (Å²) < 4.78 is 10.2. The van der Waals surface area contributed by atoms with Gasteiger partial charge in [-0.3, -0.25) is 14.6 Å². The molecule has 1 aliphatic heterocycles. The van der Waals surface area contributed by atoms with E-state index in [1.807, 2.05) is 30.3 Å². The van der Waals surface area contributed by atoms with Crippen molar-refractivity contribution in [2.75, 3.05) is 13.7 Å². The first kappa shape index (κ1) is 18.4. The maximum absolute atomic E-state index is 12.7. The van der Waals surface area contributed by atoms with Crippen molar-refractivity contribution >= 4 is 17.7 Å². The van der Waals surface area contributed by atoms with E-state index >= 15 is 0 Å². The molecular formula is C20H20N2O5. The fourth-order valence-corrected chi connectivity index (χ4v) is 2.94. The van der Waals surface area contributed by atoms with E-state index < -0.39 is 23.8 Å². The number of esters is 1. The highest BCUT2D eigenvalue weighted by Gasteiger charge is 2.41. The number of ether oxygens (including phenoxy) is 2. The third-order valence-electron chi connectivity index (χ3n) is 4.24. The molecule has 0 fully saturated rings. The minimum absolute atomic E-state index is 0.0403. The molecule has 140 valence electrons. The average molecular weight is 368 g/mol. The Morgan fingerprint density at radius 3 is 2.63 bits per heavy atom. The van der Waals surface area contributed by atoms with Crippen LogP contribution in [0.15, 0.2) is 53.5 Å². The number of aromatic hydroxyl groups is 1. The normalized spacial score (nSPS) is 19.0. The van der Waals surface area contributed by atoms with Crippen LogP contribution < -0.4 is 10.1 Å². The van der Waals surface area contributed by atoms with Crippen LogP contribution in [0.5, 0.6) is 11.5 Å². The average Bonchev–Trinajstić information content (AvgIpc) is 2.68. The summed E-state index contributed by atoms with van der Waals surface area (Å²) in [7, 11) is 1.42. The molecule has 1 heterocycles. The van der Waals surface area contributed by atoms with E-state index in [0.717, 1.165) is 5.56 Å². The SMILES string of the molecule is CCOC(=O)[C@H]1C(=O)NC(c2ccccc2)=N[C@@H]1c1ccc(O)c(OC)c1. The van der Waals surface area contributed by atoms with Gasteiger partial charge >= 0.3 is 5.97 Å². The zero-order valence-corrected chi connectivity index (χ0v) is 15.0. The maximum Gasteiger partial charge on any atom is 0.321 e. The van der Waals surface area contributed by atoms with Crippen LogP contribution in [0.25, 0.3) is 0 Å². The number of carbonyl (C=O) groups excluding carboxylic acids is 2. The van der Waals surface area contributed by atoms with Gasteiger partial charge in [-0.15, -0.1) is 0 Å². The van der Waals surface area contributed by atoms with Crippen molar-refractivity contribution in [3.63, 3.8) is 0 Å². The molecule has 0 aromatic heterocycles. The lowest BCUT2D eigenvalue weighted by molar-refractivity contribution is -0.153. The summed E-state index contributed by atoms with van der Waals surface area (Å²) in [6.45, 7) is 1.83. The predicted octanol–water partition coefficient (Wildman–Crippen LogP) is 2.20. The van der Waals surface area contributed by atoms with E-state index in [-0.39, 0.29) is 18.1 Å². The number of methoxy groups -OCH3 is 1. The predicted molar refractivity (Wildman–Crippen MR) is 98.6 cm³/mol. The Morgan fingerprint density at radius 2 is 1.96 bits per heavy atom. The molecule has 0 aliphatic carbocycles. The van der Waals surface area contributed by atoms with E-state index in [9.17, 15) is 14.7 Å². The summed E-state index contributed by atoms with van der Waals surface area (Å²) >= 11 is 0. The molecule has 0 bridgehead atoms. The summed E-state index contributed by atoms with van der Waals surface area (Å²) in [5, 5.41) is 12.5. The number of phenolic OH excluding ortho intramolecular Hbond substituents is 1. The van der Waals surface area contributed by atoms with E-state index in [0.29, 0.717) is 11.4 Å². The number of benzene rings is 2. The highest BCUT2D eigenvalue weighted by Crippen LogP contribution is 2.36. The summed E-state index contributed by atoms with van der Waals surface area (Å²) in [6, 6.07) is 13.0. The molecule has 3 rings (SSSR count). The van der Waals surface area contributed by atoms with Crippen LogP contribution in [0.1, 0.15) is 24.1 Å². The van der Waals surface area contributed by atoms with Crippen molar-refractivity contribution in [3.8, 4) is 11.5 Å². The first-order valence-electron chi connectivity index (χ1n) is 8.52. The highest BCUT2D eigenvalue weighted by molar-refractivity contribution is 6.14. The minimum atomic E-state index is -1.13. The number of phenols is 1. The molecule has 2 aromatic rings. The number of amidine groups is 1. The lowest BCUT2D eigenvalue weighted by Crippen LogP contribution is -2.47. The first-order chi connectivity index (χ1) is 13.0. The smallest absolute Gasteiger partial charge is 0.321 e. The van der Waals surface area contributed by atoms with Gasteiger partial charge in [0.15, 0.2) is 17.4 Å². The van der Waals surface area contributed by atoms with E-state index in [1.54, 1.807) is 19.1 Å². The van der Waals surface area contributed by atoms with Gasteiger partial charge in [-0.25, -0.2) is 0 Å². The number of nitrogens with one attached hydrogen (secondary N) is 1. The van der Waals surface area contributed by atoms with Crippen molar-refractivity contribution in [2.24, 2.45) is 10.9 Å². The van der Waals surface area contributed by atoms with Crippen molar-refractivity contribution in [1.82, 2.24) is 5.32 Å². The van der Waals surface area contributed by atoms with Crippen LogP contribution in [0.3, 0.4) is 0 Å². The zero-order valence-electron chi connectivity index (χ0n) is 15.0. The van der Waals surface area contributed by atoms with Gasteiger partial charge in [-0.05, 0) is 24.6 Å². The second-order valence-corrected chi connectivity index (χ2v) is 5.94. The Hall–Kier alpha value is -3.35. The van der Waals surface area contributed by atoms with Crippen molar-refractivity contribution < 1.29 is 24.2 Å². The summed E-state index contributed by atoms with van der Waals surface area (Å²) in [4.78, 5) is 29.8. The first-order valence-corrected chi connectivity index (χ1v) is 8.52. The second-order valence-electron chi connectivity index (χ2n) is 5.94. The monoisotopic (exact) mass is 368 g/mol. The molecule has 1 aliphatic rings. The standard InChI is InChI=1S/C20H20N2O5/c1-3-27-20(25)16-17(13-9-10-14(23)15(11-13)26-2)21-18(22-19(16)24)12-7-5-4-6-8-12/h4-11,16-17,23H,3H2,1-2H3,(H,21,22,24)/t16-,17-/m1/s1. The van der Waals surface area contributed by atoms with Gasteiger partial charge in [0.25, 0.3) is 0 Å². The molecular weight excluding hydrogens is 348 g/mol. The van der Waals surface area contributed by atoms with E-state index in [1.165, 1.54) is 13.2 Å². The molecule has 0 radical (unpaired) electrons. The van der Waals surface area contributed by atoms with Crippen LogP contribution in [0.4, 0.5) is 0 Å². The topological polar surface area (TPSA) is 97.2 Å². The Morgan fingerprint density at radius 1 is 1.22 bits per heavy atom. The number of hydrogen-bond donors (Lipinski definition) is 2. The van der Waals surface area contributed by atoms with Gasteiger partial charge in [-0.2, -0.15) is 0 Å². The van der Waals surface area contributed by atoms with Gasteiger partial charge in [0, 0.05) is 5.56 Å². The van der Waals surface area contributed by atoms with Gasteiger partial charge in [0.2, 0.25) is 5.91 Å². The molecule has 2 aromatic carbocycles. The minimum Gasteiger partial charge on any atom is -0.504 e. The third kappa shape index (κ3) is 3.76. The Balaban J connectivity index is 2.09. The number of aliphatic imine (C=N–C) groups is 1. The molecule has 0 saturated heterocycles. The fraction of sp³-hybridized carbons (Fsp3) is 0.250. The van der Waals surface area contributed by atoms with Crippen LogP contribution >= 0.6 is 0 Å². The molecule has 0 spiro atoms. The van der Waals surface area contributed by atoms with E-state index in [2.05, 4.69) is 10.3 Å². The zero-order chi connectivity index (χ0) is 19.4. The molecule has 27 heavy (non-hydrogen) atoms. The Labute approximate surface area is 156 Å². The number of nitrogens with zero attached hydrogens (tertiary/aromatic N) is 1.